The van der Waals surface area contributed by atoms with Crippen LogP contribution < -0.4 is 5.32 Å². The number of carbonyl (C=O) groups is 2. The minimum absolute atomic E-state index is 0. The number of benzene rings is 2. The van der Waals surface area contributed by atoms with Gasteiger partial charge in [0.1, 0.15) is 6.10 Å². The van der Waals surface area contributed by atoms with Gasteiger partial charge in [-0.3, -0.25) is 9.59 Å². The molecule has 0 aliphatic heterocycles. The summed E-state index contributed by atoms with van der Waals surface area (Å²) in [5.74, 6) is -0.0755. The molecule has 1 saturated carbocycles. The second-order valence-electron chi connectivity index (χ2n) is 8.00. The first-order chi connectivity index (χ1) is 15.6. The molecule has 0 radical (unpaired) electrons. The molecule has 2 aromatic carbocycles. The van der Waals surface area contributed by atoms with Crippen molar-refractivity contribution >= 4 is 45.6 Å². The summed E-state index contributed by atoms with van der Waals surface area (Å²) in [7, 11) is 0. The Morgan fingerprint density at radius 2 is 1.71 bits per heavy atom. The van der Waals surface area contributed by atoms with Gasteiger partial charge in [-0.1, -0.05) is 76.2 Å². The van der Waals surface area contributed by atoms with E-state index in [-0.39, 0.29) is 50.2 Å². The topological polar surface area (TPSA) is 55.4 Å². The van der Waals surface area contributed by atoms with Crippen LogP contribution in [0.4, 0.5) is 0 Å². The van der Waals surface area contributed by atoms with E-state index in [1.165, 1.54) is 11.1 Å². The van der Waals surface area contributed by atoms with Crippen molar-refractivity contribution in [2.75, 3.05) is 13.1 Å². The molecule has 6 heteroatoms. The molecule has 1 unspecified atom stereocenters. The van der Waals surface area contributed by atoms with E-state index >= 15 is 0 Å². The Labute approximate surface area is 214 Å². The zero-order valence-corrected chi connectivity index (χ0v) is 21.2. The molecule has 0 amide bonds. The van der Waals surface area contributed by atoms with Gasteiger partial charge in [-0.15, -0.1) is 23.7 Å². The minimum Gasteiger partial charge on any atom is -0.460 e. The lowest BCUT2D eigenvalue weighted by Crippen LogP contribution is -2.41. The number of ether oxygens (including phenoxy) is 1. The van der Waals surface area contributed by atoms with E-state index in [1.54, 1.807) is 11.3 Å². The highest BCUT2D eigenvalue weighted by molar-refractivity contribution is 7.17. The summed E-state index contributed by atoms with van der Waals surface area (Å²) in [4.78, 5) is 25.3. The number of esters is 1. The van der Waals surface area contributed by atoms with Crippen molar-refractivity contribution in [3.8, 4) is 0 Å². The Balaban J connectivity index is 0.00000141. The first-order valence-corrected chi connectivity index (χ1v) is 12.5. The minimum atomic E-state index is -0.310. The third-order valence-corrected chi connectivity index (χ3v) is 6.98. The molecule has 1 heterocycles. The molecule has 1 fully saturated rings. The van der Waals surface area contributed by atoms with Crippen molar-refractivity contribution in [1.29, 1.82) is 0 Å². The Kier molecular flexibility index (Phi) is 13.1. The molecule has 1 aliphatic carbocycles. The number of carbonyl (C=O) groups excluding carboxylic acids is 2. The van der Waals surface area contributed by atoms with Crippen molar-refractivity contribution in [2.24, 2.45) is 5.92 Å². The Morgan fingerprint density at radius 3 is 2.35 bits per heavy atom. The number of hydrogen-bond acceptors (Lipinski definition) is 5. The van der Waals surface area contributed by atoms with Gasteiger partial charge in [-0.2, -0.15) is 0 Å². The Bertz CT molecular complexity index is 1020. The van der Waals surface area contributed by atoms with Gasteiger partial charge in [-0.05, 0) is 48.1 Å². The van der Waals surface area contributed by atoms with Crippen LogP contribution in [0.5, 0.6) is 0 Å². The maximum Gasteiger partial charge on any atom is 0.313 e. The number of thiophene rings is 1. The second-order valence-corrected chi connectivity index (χ2v) is 8.91. The molecule has 0 bridgehead atoms. The van der Waals surface area contributed by atoms with Crippen LogP contribution in [0.1, 0.15) is 69.3 Å². The van der Waals surface area contributed by atoms with Crippen molar-refractivity contribution in [3.63, 3.8) is 0 Å². The van der Waals surface area contributed by atoms with Crippen molar-refractivity contribution < 1.29 is 14.3 Å². The summed E-state index contributed by atoms with van der Waals surface area (Å²) in [5, 5.41) is 6.40. The van der Waals surface area contributed by atoms with E-state index in [1.807, 2.05) is 63.2 Å². The van der Waals surface area contributed by atoms with Gasteiger partial charge in [0.15, 0.2) is 5.78 Å². The van der Waals surface area contributed by atoms with Crippen LogP contribution in [0.25, 0.3) is 10.1 Å². The molecule has 1 aromatic heterocycles. The van der Waals surface area contributed by atoms with Gasteiger partial charge in [-0.25, -0.2) is 0 Å². The van der Waals surface area contributed by atoms with Crippen molar-refractivity contribution in [3.05, 3.63) is 71.1 Å². The number of fused-ring (bicyclic) bond motifs is 1. The molecule has 1 N–H and O–H groups in total. The highest BCUT2D eigenvalue weighted by atomic mass is 35.5. The summed E-state index contributed by atoms with van der Waals surface area (Å²) >= 11 is 1.66. The van der Waals surface area contributed by atoms with Crippen LogP contribution in [0.2, 0.25) is 0 Å². The summed E-state index contributed by atoms with van der Waals surface area (Å²) in [6, 6.07) is 17.4. The number of Topliss-reactive ketones (excluding diaryl/α,β-unsaturated/α-hetero) is 1. The van der Waals surface area contributed by atoms with Crippen LogP contribution >= 0.6 is 23.7 Å². The van der Waals surface area contributed by atoms with E-state index in [0.717, 1.165) is 23.8 Å². The van der Waals surface area contributed by atoms with Gasteiger partial charge in [0.05, 0.1) is 12.5 Å². The van der Waals surface area contributed by atoms with Crippen molar-refractivity contribution in [1.82, 2.24) is 5.32 Å². The van der Waals surface area contributed by atoms with E-state index in [4.69, 9.17) is 4.74 Å². The Morgan fingerprint density at radius 1 is 1.06 bits per heavy atom. The number of nitrogens with one attached hydrogen (secondary N) is 1. The first kappa shape index (κ1) is 29.8. The zero-order valence-electron chi connectivity index (χ0n) is 19.6. The quantitative estimate of drug-likeness (QED) is 0.246. The van der Waals surface area contributed by atoms with E-state index < -0.39 is 0 Å². The van der Waals surface area contributed by atoms with Gasteiger partial charge in [0.2, 0.25) is 0 Å². The lowest BCUT2D eigenvalue weighted by atomic mass is 9.81. The summed E-state index contributed by atoms with van der Waals surface area (Å²) in [6.45, 7) is 6.67. The largest absolute Gasteiger partial charge is 0.460 e. The third kappa shape index (κ3) is 7.39. The maximum absolute atomic E-state index is 12.9. The number of halogens is 1. The monoisotopic (exact) mass is 503 g/mol. The van der Waals surface area contributed by atoms with Crippen LogP contribution in [0.15, 0.2) is 60.0 Å². The molecule has 0 saturated heterocycles. The highest BCUT2D eigenvalue weighted by Gasteiger charge is 2.32. The predicted octanol–water partition coefficient (Wildman–Crippen LogP) is 7.27. The fourth-order valence-corrected chi connectivity index (χ4v) is 4.94. The molecule has 3 aromatic rings. The number of ketones is 1. The molecule has 2 atom stereocenters. The molecular formula is C28H38ClNO3S. The average molecular weight is 504 g/mol. The fraction of sp³-hybridized carbons (Fsp3) is 0.429. The summed E-state index contributed by atoms with van der Waals surface area (Å²) < 4.78 is 7.15. The zero-order chi connectivity index (χ0) is 22.9. The predicted molar refractivity (Wildman–Crippen MR) is 146 cm³/mol. The smallest absolute Gasteiger partial charge is 0.313 e. The molecule has 0 spiro atoms. The lowest BCUT2D eigenvalue weighted by molar-refractivity contribution is -0.154. The summed E-state index contributed by atoms with van der Waals surface area (Å²) in [6.07, 6.45) is 3.12. The highest BCUT2D eigenvalue weighted by Crippen LogP contribution is 2.34. The van der Waals surface area contributed by atoms with Crippen LogP contribution in [-0.2, 0) is 9.53 Å². The number of hydrogen-bond donors (Lipinski definition) is 1. The second kappa shape index (κ2) is 14.9. The summed E-state index contributed by atoms with van der Waals surface area (Å²) in [5.41, 5.74) is 1.72. The normalized spacial score (nSPS) is 14.3. The molecule has 186 valence electrons. The van der Waals surface area contributed by atoms with Crippen LogP contribution in [-0.4, -0.2) is 30.9 Å². The van der Waals surface area contributed by atoms with Gasteiger partial charge < -0.3 is 10.1 Å². The van der Waals surface area contributed by atoms with Gasteiger partial charge in [0, 0.05) is 16.8 Å². The molecule has 4 nitrogen and oxygen atoms in total. The standard InChI is InChI=1S/C25H27NO3S.C2H6.CH4.ClH/c1-17(21-16-30-24-13-6-5-12-20(21)24)25(28)29-23(19-10-7-11-19)15-26-14-22(27)18-8-3-2-4-9-18;1-2;;/h2-6,8-9,12-13,16-17,19,23,26H,7,10-11,14-15H2,1H3;1-2H3;1H4;1H/t17?,23-;;;/m0.../s1. The molecular weight excluding hydrogens is 466 g/mol. The van der Waals surface area contributed by atoms with E-state index in [2.05, 4.69) is 22.8 Å². The third-order valence-electron chi connectivity index (χ3n) is 6.00. The lowest BCUT2D eigenvalue weighted by Gasteiger charge is -2.34. The van der Waals surface area contributed by atoms with Crippen LogP contribution in [0.3, 0.4) is 0 Å². The van der Waals surface area contributed by atoms with E-state index in [0.29, 0.717) is 18.0 Å². The fourth-order valence-electron chi connectivity index (χ4n) is 3.88. The first-order valence-electron chi connectivity index (χ1n) is 11.6. The number of rotatable bonds is 9. The van der Waals surface area contributed by atoms with E-state index in [9.17, 15) is 9.59 Å². The average Bonchev–Trinajstić information content (AvgIpc) is 3.23. The molecule has 4 rings (SSSR count). The Hall–Kier alpha value is -2.21. The molecule has 34 heavy (non-hydrogen) atoms. The van der Waals surface area contributed by atoms with Crippen molar-refractivity contribution in [2.45, 2.75) is 59.5 Å². The SMILES string of the molecule is C.CC.CC(C(=O)O[C@@H](CNCC(=O)c1ccccc1)C1CCC1)c1csc2ccccc12.Cl. The van der Waals surface area contributed by atoms with Crippen LogP contribution in [0, 0.1) is 5.92 Å². The molecule has 1 aliphatic rings. The van der Waals surface area contributed by atoms with Gasteiger partial charge in [0.25, 0.3) is 0 Å². The maximum atomic E-state index is 12.9. The van der Waals surface area contributed by atoms with Gasteiger partial charge >= 0.3 is 5.97 Å².